The maximum Gasteiger partial charge on any atom is 0.124 e. The van der Waals surface area contributed by atoms with Gasteiger partial charge in [-0.2, -0.15) is 15.4 Å². The van der Waals surface area contributed by atoms with Crippen LogP contribution in [0, 0.1) is 0 Å². The Morgan fingerprint density at radius 1 is 1.26 bits per heavy atom. The second kappa shape index (κ2) is 6.29. The molecule has 1 saturated heterocycles. The summed E-state index contributed by atoms with van der Waals surface area (Å²) in [5, 5.41) is 10.9. The highest BCUT2D eigenvalue weighted by atomic mass is 16.5. The first-order chi connectivity index (χ1) is 11.3. The maximum atomic E-state index is 6.03. The van der Waals surface area contributed by atoms with Gasteiger partial charge >= 0.3 is 0 Å². The van der Waals surface area contributed by atoms with Crippen LogP contribution in [-0.2, 0) is 11.3 Å². The van der Waals surface area contributed by atoms with Crippen LogP contribution in [0.1, 0.15) is 30.0 Å². The average molecular weight is 314 g/mol. The molecule has 1 saturated carbocycles. The minimum absolute atomic E-state index is 0.150. The number of benzene rings is 1. The lowest BCUT2D eigenvalue weighted by Gasteiger charge is -2.18. The number of aromatic nitrogens is 3. The number of rotatable bonds is 6. The molecule has 0 unspecified atom stereocenters. The van der Waals surface area contributed by atoms with E-state index in [1.807, 2.05) is 6.07 Å². The van der Waals surface area contributed by atoms with E-state index in [4.69, 9.17) is 9.47 Å². The van der Waals surface area contributed by atoms with Gasteiger partial charge in [0.15, 0.2) is 0 Å². The lowest BCUT2D eigenvalue weighted by molar-refractivity contribution is 0.0956. The number of likely N-dealkylation sites (tertiary alicyclic amines) is 1. The number of hydrogen-bond donors (Lipinski definition) is 1. The number of nitrogens with one attached hydrogen (secondary N) is 1. The summed E-state index contributed by atoms with van der Waals surface area (Å²) in [7, 11) is 1.77. The van der Waals surface area contributed by atoms with Crippen molar-refractivity contribution in [2.24, 2.45) is 0 Å². The smallest absolute Gasteiger partial charge is 0.124 e. The zero-order valence-electron chi connectivity index (χ0n) is 13.3. The number of para-hydroxylation sites is 1. The van der Waals surface area contributed by atoms with Crippen molar-refractivity contribution in [2.75, 3.05) is 20.2 Å². The maximum absolute atomic E-state index is 6.03. The Kier molecular flexibility index (Phi) is 4.01. The van der Waals surface area contributed by atoms with E-state index in [1.54, 1.807) is 13.3 Å². The Morgan fingerprint density at radius 2 is 2.13 bits per heavy atom. The first-order valence-corrected chi connectivity index (χ1v) is 8.19. The van der Waals surface area contributed by atoms with E-state index < -0.39 is 0 Å². The fraction of sp³-hybridized carbons (Fsp3) is 0.529. The lowest BCUT2D eigenvalue weighted by atomic mass is 10.0. The Bertz CT molecular complexity index is 642. The molecule has 1 N–H and O–H groups in total. The summed E-state index contributed by atoms with van der Waals surface area (Å²) in [5.41, 5.74) is 2.22. The van der Waals surface area contributed by atoms with Crippen LogP contribution in [0.25, 0.3) is 0 Å². The minimum Gasteiger partial charge on any atom is -0.490 e. The Balaban J connectivity index is 1.47. The van der Waals surface area contributed by atoms with Crippen LogP contribution in [0.15, 0.2) is 30.5 Å². The summed E-state index contributed by atoms with van der Waals surface area (Å²) in [6, 6.07) is 8.35. The molecule has 1 aliphatic heterocycles. The van der Waals surface area contributed by atoms with E-state index in [1.165, 1.54) is 18.4 Å². The Hall–Kier alpha value is -1.92. The van der Waals surface area contributed by atoms with Crippen molar-refractivity contribution in [1.29, 1.82) is 0 Å². The number of H-pyrrole nitrogens is 1. The van der Waals surface area contributed by atoms with Gasteiger partial charge in [0.1, 0.15) is 5.75 Å². The highest BCUT2D eigenvalue weighted by Gasteiger charge is 2.36. The van der Waals surface area contributed by atoms with Crippen LogP contribution in [0.3, 0.4) is 0 Å². The normalized spacial score (nSPS) is 24.9. The van der Waals surface area contributed by atoms with Gasteiger partial charge in [-0.05, 0) is 18.9 Å². The molecular weight excluding hydrogens is 292 g/mol. The first kappa shape index (κ1) is 14.7. The average Bonchev–Trinajstić information content (AvgIpc) is 3.07. The SMILES string of the molecule is CO[C@@H]1CN(Cc2ccccc2OC2CC2)C[C@H]1c1cn[nH]n1. The molecule has 1 aromatic heterocycles. The van der Waals surface area contributed by atoms with E-state index in [2.05, 4.69) is 38.5 Å². The van der Waals surface area contributed by atoms with Gasteiger partial charge in [0.2, 0.25) is 0 Å². The van der Waals surface area contributed by atoms with Gasteiger partial charge in [0.05, 0.1) is 24.1 Å². The Labute approximate surface area is 135 Å². The molecule has 6 nitrogen and oxygen atoms in total. The van der Waals surface area contributed by atoms with Crippen LogP contribution in [-0.4, -0.2) is 52.7 Å². The number of nitrogens with zero attached hydrogens (tertiary/aromatic N) is 3. The standard InChI is InChI=1S/C17H22N4O2/c1-22-17-11-21(10-14(17)15-8-18-20-19-15)9-12-4-2-3-5-16(12)23-13-6-7-13/h2-5,8,13-14,17H,6-7,9-11H2,1H3,(H,18,19,20)/t14-,17+/m0/s1. The molecule has 0 radical (unpaired) electrons. The molecular formula is C17H22N4O2. The summed E-state index contributed by atoms with van der Waals surface area (Å²) in [5.74, 6) is 1.28. The number of ether oxygens (including phenoxy) is 2. The second-order valence-electron chi connectivity index (χ2n) is 6.39. The largest absolute Gasteiger partial charge is 0.490 e. The second-order valence-corrected chi connectivity index (χ2v) is 6.39. The molecule has 122 valence electrons. The quantitative estimate of drug-likeness (QED) is 0.883. The molecule has 23 heavy (non-hydrogen) atoms. The molecule has 2 aliphatic rings. The van der Waals surface area contributed by atoms with Crippen molar-refractivity contribution in [1.82, 2.24) is 20.3 Å². The van der Waals surface area contributed by atoms with Crippen LogP contribution in [0.4, 0.5) is 0 Å². The van der Waals surface area contributed by atoms with Gasteiger partial charge in [0, 0.05) is 38.2 Å². The molecule has 6 heteroatoms. The monoisotopic (exact) mass is 314 g/mol. The third-order valence-electron chi connectivity index (χ3n) is 4.64. The van der Waals surface area contributed by atoms with Gasteiger partial charge in [-0.25, -0.2) is 0 Å². The molecule has 0 bridgehead atoms. The number of methoxy groups -OCH3 is 1. The predicted molar refractivity (Wildman–Crippen MR) is 85.3 cm³/mol. The van der Waals surface area contributed by atoms with Crippen LogP contribution < -0.4 is 4.74 Å². The molecule has 1 aliphatic carbocycles. The van der Waals surface area contributed by atoms with Crippen LogP contribution >= 0.6 is 0 Å². The molecule has 2 atom stereocenters. The summed E-state index contributed by atoms with van der Waals surface area (Å²) in [6.45, 7) is 2.69. The Morgan fingerprint density at radius 3 is 2.87 bits per heavy atom. The summed E-state index contributed by atoms with van der Waals surface area (Å²) in [6.07, 6.45) is 4.72. The van der Waals surface area contributed by atoms with Crippen molar-refractivity contribution < 1.29 is 9.47 Å². The van der Waals surface area contributed by atoms with E-state index in [-0.39, 0.29) is 12.0 Å². The highest BCUT2D eigenvalue weighted by Crippen LogP contribution is 2.32. The summed E-state index contributed by atoms with van der Waals surface area (Å²) in [4.78, 5) is 2.41. The van der Waals surface area contributed by atoms with Crippen molar-refractivity contribution in [3.05, 3.63) is 41.7 Å². The zero-order chi connectivity index (χ0) is 15.6. The van der Waals surface area contributed by atoms with Gasteiger partial charge in [-0.15, -0.1) is 0 Å². The molecule has 2 aromatic rings. The topological polar surface area (TPSA) is 63.3 Å². The van der Waals surface area contributed by atoms with E-state index in [0.717, 1.165) is 31.1 Å². The van der Waals surface area contributed by atoms with Gasteiger partial charge < -0.3 is 9.47 Å². The molecule has 0 spiro atoms. The highest BCUT2D eigenvalue weighted by molar-refractivity contribution is 5.34. The van der Waals surface area contributed by atoms with E-state index in [9.17, 15) is 0 Å². The summed E-state index contributed by atoms with van der Waals surface area (Å²) < 4.78 is 11.7. The molecule has 4 rings (SSSR count). The fourth-order valence-corrected chi connectivity index (χ4v) is 3.25. The van der Waals surface area contributed by atoms with E-state index in [0.29, 0.717) is 6.10 Å². The van der Waals surface area contributed by atoms with Crippen LogP contribution in [0.5, 0.6) is 5.75 Å². The summed E-state index contributed by atoms with van der Waals surface area (Å²) >= 11 is 0. The van der Waals surface area contributed by atoms with E-state index >= 15 is 0 Å². The predicted octanol–water partition coefficient (Wildman–Crippen LogP) is 1.96. The zero-order valence-corrected chi connectivity index (χ0v) is 13.3. The fourth-order valence-electron chi connectivity index (χ4n) is 3.25. The van der Waals surface area contributed by atoms with Crippen LogP contribution in [0.2, 0.25) is 0 Å². The molecule has 0 amide bonds. The lowest BCUT2D eigenvalue weighted by Crippen LogP contribution is -2.23. The van der Waals surface area contributed by atoms with Crippen molar-refractivity contribution >= 4 is 0 Å². The van der Waals surface area contributed by atoms with Gasteiger partial charge in [0.25, 0.3) is 0 Å². The van der Waals surface area contributed by atoms with Gasteiger partial charge in [-0.1, -0.05) is 18.2 Å². The molecule has 1 aromatic carbocycles. The van der Waals surface area contributed by atoms with Gasteiger partial charge in [-0.3, -0.25) is 4.90 Å². The number of aromatic amines is 1. The minimum atomic E-state index is 0.150. The first-order valence-electron chi connectivity index (χ1n) is 8.19. The third kappa shape index (κ3) is 3.23. The van der Waals surface area contributed by atoms with Crippen molar-refractivity contribution in [2.45, 2.75) is 37.5 Å². The number of hydrogen-bond acceptors (Lipinski definition) is 5. The van der Waals surface area contributed by atoms with Crippen molar-refractivity contribution in [3.8, 4) is 5.75 Å². The van der Waals surface area contributed by atoms with Crippen molar-refractivity contribution in [3.63, 3.8) is 0 Å². The third-order valence-corrected chi connectivity index (χ3v) is 4.64. The molecule has 2 fully saturated rings. The molecule has 2 heterocycles.